The maximum absolute atomic E-state index is 11.7. The Balaban J connectivity index is 1.94. The summed E-state index contributed by atoms with van der Waals surface area (Å²) in [7, 11) is 0. The molecule has 0 saturated carbocycles. The van der Waals surface area contributed by atoms with Crippen LogP contribution in [0.3, 0.4) is 0 Å². The number of fused-ring (bicyclic) bond motifs is 1. The zero-order valence-corrected chi connectivity index (χ0v) is 12.7. The summed E-state index contributed by atoms with van der Waals surface area (Å²) in [6, 6.07) is 1.28. The van der Waals surface area contributed by atoms with Gasteiger partial charge in [0.05, 0.1) is 0 Å². The lowest BCUT2D eigenvalue weighted by molar-refractivity contribution is -0.138. The van der Waals surface area contributed by atoms with Crippen LogP contribution in [-0.4, -0.2) is 27.0 Å². The summed E-state index contributed by atoms with van der Waals surface area (Å²) < 4.78 is 4.32. The van der Waals surface area contributed by atoms with Crippen LogP contribution in [0.15, 0.2) is 11.4 Å². The van der Waals surface area contributed by atoms with Gasteiger partial charge in [0.2, 0.25) is 5.13 Å². The van der Waals surface area contributed by atoms with Gasteiger partial charge in [0, 0.05) is 29.4 Å². The second-order valence-corrected chi connectivity index (χ2v) is 6.46. The molecule has 106 valence electrons. The van der Waals surface area contributed by atoms with Crippen LogP contribution in [0, 0.1) is 0 Å². The van der Waals surface area contributed by atoms with Crippen LogP contribution in [0.2, 0.25) is 0 Å². The van der Waals surface area contributed by atoms with Crippen LogP contribution < -0.4 is 4.90 Å². The van der Waals surface area contributed by atoms with Crippen molar-refractivity contribution in [1.29, 1.82) is 0 Å². The van der Waals surface area contributed by atoms with Crippen LogP contribution in [0.5, 0.6) is 0 Å². The fourth-order valence-electron chi connectivity index (χ4n) is 2.48. The lowest BCUT2D eigenvalue weighted by Gasteiger charge is -2.32. The van der Waals surface area contributed by atoms with Crippen molar-refractivity contribution in [2.75, 3.05) is 11.4 Å². The minimum Gasteiger partial charge on any atom is -0.479 e. The Labute approximate surface area is 125 Å². The van der Waals surface area contributed by atoms with E-state index in [2.05, 4.69) is 16.3 Å². The molecule has 2 aromatic heterocycles. The van der Waals surface area contributed by atoms with Crippen molar-refractivity contribution in [3.8, 4) is 0 Å². The second kappa shape index (κ2) is 5.49. The van der Waals surface area contributed by atoms with Gasteiger partial charge in [-0.3, -0.25) is 0 Å². The van der Waals surface area contributed by atoms with Crippen LogP contribution >= 0.6 is 22.9 Å². The third-order valence-corrected chi connectivity index (χ3v) is 5.16. The largest absolute Gasteiger partial charge is 0.479 e. The summed E-state index contributed by atoms with van der Waals surface area (Å²) in [5, 5.41) is 12.2. The maximum Gasteiger partial charge on any atom is 0.331 e. The molecule has 5 nitrogen and oxygen atoms in total. The summed E-state index contributed by atoms with van der Waals surface area (Å²) in [5.41, 5.74) is 0.904. The molecule has 1 N–H and O–H groups in total. The van der Waals surface area contributed by atoms with E-state index >= 15 is 0 Å². The fraction of sp³-hybridized carbons (Fsp3) is 0.462. The minimum atomic E-state index is -0.823. The van der Waals surface area contributed by atoms with E-state index in [1.165, 1.54) is 16.4 Å². The highest BCUT2D eigenvalue weighted by molar-refractivity contribution is 7.10. The second-order valence-electron chi connectivity index (χ2n) is 4.73. The van der Waals surface area contributed by atoms with E-state index in [0.717, 1.165) is 35.8 Å². The van der Waals surface area contributed by atoms with Gasteiger partial charge >= 0.3 is 5.97 Å². The molecule has 0 saturated heterocycles. The van der Waals surface area contributed by atoms with Crippen molar-refractivity contribution >= 4 is 34.0 Å². The standard InChI is InChI=1S/C13H15N3O2S2/c1-2-3-10-14-13(20-15-10)16-6-4-9-8(5-7-19-9)11(16)12(17)18/h5,7,11H,2-4,6H2,1H3,(H,17,18). The first kappa shape index (κ1) is 13.5. The number of hydrogen-bond acceptors (Lipinski definition) is 6. The average Bonchev–Trinajstić information content (AvgIpc) is 3.05. The van der Waals surface area contributed by atoms with Gasteiger partial charge in [-0.05, 0) is 29.9 Å². The van der Waals surface area contributed by atoms with Gasteiger partial charge in [-0.15, -0.1) is 11.3 Å². The molecule has 1 aliphatic heterocycles. The van der Waals surface area contributed by atoms with Crippen LogP contribution in [-0.2, 0) is 17.6 Å². The summed E-state index contributed by atoms with van der Waals surface area (Å²) in [4.78, 5) is 19.2. The molecule has 2 aromatic rings. The Hall–Kier alpha value is -1.47. The minimum absolute atomic E-state index is 0.632. The molecular weight excluding hydrogens is 294 g/mol. The molecule has 0 radical (unpaired) electrons. The number of carboxylic acid groups (broad SMARTS) is 1. The zero-order valence-electron chi connectivity index (χ0n) is 11.1. The van der Waals surface area contributed by atoms with E-state index < -0.39 is 12.0 Å². The molecule has 3 rings (SSSR count). The number of anilines is 1. The Morgan fingerprint density at radius 3 is 3.20 bits per heavy atom. The van der Waals surface area contributed by atoms with Crippen LogP contribution in [0.1, 0.15) is 35.7 Å². The number of nitrogens with zero attached hydrogens (tertiary/aromatic N) is 3. The van der Waals surface area contributed by atoms with Crippen LogP contribution in [0.4, 0.5) is 5.13 Å². The molecule has 7 heteroatoms. The summed E-state index contributed by atoms with van der Waals surface area (Å²) in [5.74, 6) is -0.00986. The van der Waals surface area contributed by atoms with Crippen molar-refractivity contribution in [1.82, 2.24) is 9.36 Å². The number of aliphatic carboxylic acids is 1. The Bertz CT molecular complexity index is 623. The van der Waals surface area contributed by atoms with Crippen molar-refractivity contribution in [3.63, 3.8) is 0 Å². The average molecular weight is 309 g/mol. The molecule has 0 bridgehead atoms. The smallest absolute Gasteiger partial charge is 0.331 e. The number of aromatic nitrogens is 2. The molecule has 0 aliphatic carbocycles. The lowest BCUT2D eigenvalue weighted by Crippen LogP contribution is -2.39. The molecular formula is C13H15N3O2S2. The summed E-state index contributed by atoms with van der Waals surface area (Å²) >= 11 is 2.93. The number of carboxylic acids is 1. The third kappa shape index (κ3) is 2.31. The Morgan fingerprint density at radius 2 is 2.45 bits per heavy atom. The third-order valence-electron chi connectivity index (χ3n) is 3.38. The lowest BCUT2D eigenvalue weighted by atomic mass is 10.0. The van der Waals surface area contributed by atoms with Gasteiger partial charge in [0.25, 0.3) is 0 Å². The fourth-order valence-corrected chi connectivity index (χ4v) is 4.15. The quantitative estimate of drug-likeness (QED) is 0.940. The number of carbonyl (C=O) groups is 1. The van der Waals surface area contributed by atoms with Gasteiger partial charge < -0.3 is 10.0 Å². The van der Waals surface area contributed by atoms with Crippen molar-refractivity contribution in [2.45, 2.75) is 32.2 Å². The Morgan fingerprint density at radius 1 is 1.60 bits per heavy atom. The SMILES string of the molecule is CCCc1nsc(N2CCc3sccc3C2C(=O)O)n1. The number of hydrogen-bond donors (Lipinski definition) is 1. The predicted octanol–water partition coefficient (Wildman–Crippen LogP) is 2.74. The molecule has 0 fully saturated rings. The molecule has 1 unspecified atom stereocenters. The topological polar surface area (TPSA) is 66.3 Å². The highest BCUT2D eigenvalue weighted by Crippen LogP contribution is 2.37. The van der Waals surface area contributed by atoms with Gasteiger partial charge in [-0.2, -0.15) is 4.37 Å². The maximum atomic E-state index is 11.7. The first-order valence-electron chi connectivity index (χ1n) is 6.59. The van der Waals surface area contributed by atoms with Gasteiger partial charge in [-0.25, -0.2) is 9.78 Å². The molecule has 20 heavy (non-hydrogen) atoms. The normalized spacial score (nSPS) is 18.1. The first-order chi connectivity index (χ1) is 9.70. The van der Waals surface area contributed by atoms with Crippen molar-refractivity contribution in [2.24, 2.45) is 0 Å². The van der Waals surface area contributed by atoms with Crippen molar-refractivity contribution in [3.05, 3.63) is 27.7 Å². The first-order valence-corrected chi connectivity index (χ1v) is 8.24. The molecule has 1 atom stereocenters. The molecule has 0 aromatic carbocycles. The van der Waals surface area contributed by atoms with Crippen molar-refractivity contribution < 1.29 is 9.90 Å². The number of aryl methyl sites for hydroxylation is 1. The molecule has 0 amide bonds. The van der Waals surface area contributed by atoms with Crippen LogP contribution in [0.25, 0.3) is 0 Å². The zero-order chi connectivity index (χ0) is 14.1. The number of rotatable bonds is 4. The summed E-state index contributed by atoms with van der Waals surface area (Å²) in [6.07, 6.45) is 2.71. The summed E-state index contributed by atoms with van der Waals surface area (Å²) in [6.45, 7) is 2.77. The van der Waals surface area contributed by atoms with E-state index in [4.69, 9.17) is 0 Å². The van der Waals surface area contributed by atoms with E-state index in [0.29, 0.717) is 6.54 Å². The molecule has 3 heterocycles. The highest BCUT2D eigenvalue weighted by atomic mass is 32.1. The van der Waals surface area contributed by atoms with Gasteiger partial charge in [0.1, 0.15) is 5.82 Å². The number of thiophene rings is 1. The van der Waals surface area contributed by atoms with E-state index in [1.54, 1.807) is 11.3 Å². The predicted molar refractivity (Wildman–Crippen MR) is 79.6 cm³/mol. The van der Waals surface area contributed by atoms with Gasteiger partial charge in [0.15, 0.2) is 6.04 Å². The van der Waals surface area contributed by atoms with E-state index in [9.17, 15) is 9.90 Å². The monoisotopic (exact) mass is 309 g/mol. The molecule has 1 aliphatic rings. The highest BCUT2D eigenvalue weighted by Gasteiger charge is 2.35. The Kier molecular flexibility index (Phi) is 3.71. The van der Waals surface area contributed by atoms with E-state index in [-0.39, 0.29) is 0 Å². The van der Waals surface area contributed by atoms with E-state index in [1.807, 2.05) is 16.3 Å². The molecule has 0 spiro atoms. The van der Waals surface area contributed by atoms with Gasteiger partial charge in [-0.1, -0.05) is 6.92 Å².